The lowest BCUT2D eigenvalue weighted by molar-refractivity contribution is -0.0512. The van der Waals surface area contributed by atoms with E-state index < -0.39 is 0 Å². The van der Waals surface area contributed by atoms with Crippen LogP contribution in [-0.2, 0) is 0 Å². The molecule has 0 aromatic carbocycles. The predicted molar refractivity (Wildman–Crippen MR) is 106 cm³/mol. The molecule has 0 aromatic heterocycles. The van der Waals surface area contributed by atoms with Gasteiger partial charge in [-0.1, -0.05) is 32.4 Å². The predicted octanol–water partition coefficient (Wildman–Crippen LogP) is 5.44. The lowest BCUT2D eigenvalue weighted by Crippen LogP contribution is -2.47. The Morgan fingerprint density at radius 2 is 1.80 bits per heavy atom. The van der Waals surface area contributed by atoms with E-state index in [1.165, 1.54) is 56.9 Å². The quantitative estimate of drug-likeness (QED) is 0.648. The zero-order valence-electron chi connectivity index (χ0n) is 17.1. The van der Waals surface area contributed by atoms with Gasteiger partial charge in [0, 0.05) is 13.7 Å². The summed E-state index contributed by atoms with van der Waals surface area (Å²) in [5.41, 5.74) is 1.97. The lowest BCUT2D eigenvalue weighted by Gasteiger charge is -2.55. The van der Waals surface area contributed by atoms with Crippen LogP contribution in [0, 0.1) is 40.9 Å². The molecule has 0 aromatic rings. The molecule has 3 aliphatic rings. The molecule has 3 saturated carbocycles. The second-order valence-corrected chi connectivity index (χ2v) is 9.23. The van der Waals surface area contributed by atoms with E-state index in [0.29, 0.717) is 12.0 Å². The van der Waals surface area contributed by atoms with Crippen LogP contribution >= 0.6 is 0 Å². The Hall–Kier alpha value is -0.340. The molecule has 2 heteroatoms. The van der Waals surface area contributed by atoms with Crippen molar-refractivity contribution in [3.05, 3.63) is 12.2 Å². The standard InChI is InChI=1S/C22H38O.CH4O/c1-5-16-8-9-19-18(17(16)7-6-14-23)12-13-22(4)20(15(2)3)10-11-21(19)22;1-2/h16-21,23H,2,5-14H2,1,3-4H3;2H,1H3. The van der Waals surface area contributed by atoms with Gasteiger partial charge in [-0.3, -0.25) is 0 Å². The van der Waals surface area contributed by atoms with Gasteiger partial charge >= 0.3 is 0 Å². The normalized spacial score (nSPS) is 42.8. The van der Waals surface area contributed by atoms with Gasteiger partial charge in [-0.05, 0) is 99.2 Å². The third-order valence-corrected chi connectivity index (χ3v) is 8.33. The summed E-state index contributed by atoms with van der Waals surface area (Å²) in [6.45, 7) is 12.0. The van der Waals surface area contributed by atoms with Crippen LogP contribution in [0.25, 0.3) is 0 Å². The first-order chi connectivity index (χ1) is 12.0. The molecular formula is C23H42O2. The van der Waals surface area contributed by atoms with Crippen LogP contribution in [0.15, 0.2) is 12.2 Å². The molecule has 25 heavy (non-hydrogen) atoms. The van der Waals surface area contributed by atoms with Gasteiger partial charge in [0.05, 0.1) is 0 Å². The van der Waals surface area contributed by atoms with Crippen LogP contribution in [0.1, 0.15) is 78.6 Å². The van der Waals surface area contributed by atoms with E-state index in [-0.39, 0.29) is 0 Å². The summed E-state index contributed by atoms with van der Waals surface area (Å²) in [5, 5.41) is 16.3. The van der Waals surface area contributed by atoms with Crippen molar-refractivity contribution in [2.45, 2.75) is 78.6 Å². The highest BCUT2D eigenvalue weighted by molar-refractivity contribution is 5.13. The number of hydrogen-bond donors (Lipinski definition) is 2. The number of fused-ring (bicyclic) bond motifs is 3. The summed E-state index contributed by atoms with van der Waals surface area (Å²) in [4.78, 5) is 0. The van der Waals surface area contributed by atoms with Crippen molar-refractivity contribution >= 4 is 0 Å². The Bertz CT molecular complexity index is 432. The zero-order chi connectivity index (χ0) is 18.6. The van der Waals surface area contributed by atoms with Gasteiger partial charge in [0.25, 0.3) is 0 Å². The van der Waals surface area contributed by atoms with E-state index >= 15 is 0 Å². The van der Waals surface area contributed by atoms with E-state index in [2.05, 4.69) is 27.4 Å². The summed E-state index contributed by atoms with van der Waals surface area (Å²) in [7, 11) is 1.00. The number of aliphatic hydroxyl groups is 2. The molecule has 0 bridgehead atoms. The summed E-state index contributed by atoms with van der Waals surface area (Å²) in [5.74, 6) is 5.43. The van der Waals surface area contributed by atoms with Crippen LogP contribution in [0.2, 0.25) is 0 Å². The van der Waals surface area contributed by atoms with Crippen molar-refractivity contribution in [2.75, 3.05) is 13.7 Å². The molecule has 146 valence electrons. The van der Waals surface area contributed by atoms with Gasteiger partial charge in [-0.15, -0.1) is 0 Å². The van der Waals surface area contributed by atoms with Gasteiger partial charge in [-0.25, -0.2) is 0 Å². The van der Waals surface area contributed by atoms with Crippen molar-refractivity contribution in [1.82, 2.24) is 0 Å². The molecule has 3 aliphatic carbocycles. The van der Waals surface area contributed by atoms with Gasteiger partial charge < -0.3 is 10.2 Å². The molecule has 2 nitrogen and oxygen atoms in total. The minimum atomic E-state index is 0.378. The fourth-order valence-corrected chi connectivity index (χ4v) is 7.33. The summed E-state index contributed by atoms with van der Waals surface area (Å²) in [6.07, 6.45) is 12.2. The molecule has 3 rings (SSSR count). The van der Waals surface area contributed by atoms with Gasteiger partial charge in [0.1, 0.15) is 0 Å². The van der Waals surface area contributed by atoms with E-state index in [1.54, 1.807) is 0 Å². The molecular weight excluding hydrogens is 308 g/mol. The molecule has 0 amide bonds. The minimum absolute atomic E-state index is 0.378. The fourth-order valence-electron chi connectivity index (χ4n) is 7.33. The van der Waals surface area contributed by atoms with Gasteiger partial charge in [0.2, 0.25) is 0 Å². The molecule has 0 heterocycles. The van der Waals surface area contributed by atoms with Crippen LogP contribution in [0.4, 0.5) is 0 Å². The third kappa shape index (κ3) is 3.86. The number of hydrogen-bond acceptors (Lipinski definition) is 2. The number of aliphatic hydroxyl groups excluding tert-OH is 2. The SMILES string of the molecule is C=C(C)C1CCC2C3CCC(CC)C(CCCO)C3CCC12C.CO. The Balaban J connectivity index is 0.00000109. The van der Waals surface area contributed by atoms with E-state index in [0.717, 1.165) is 49.0 Å². The first-order valence-electron chi connectivity index (χ1n) is 10.7. The summed E-state index contributed by atoms with van der Waals surface area (Å²) < 4.78 is 0. The van der Waals surface area contributed by atoms with Crippen molar-refractivity contribution in [3.8, 4) is 0 Å². The van der Waals surface area contributed by atoms with E-state index in [4.69, 9.17) is 5.11 Å². The fraction of sp³-hybridized carbons (Fsp3) is 0.913. The van der Waals surface area contributed by atoms with Crippen LogP contribution < -0.4 is 0 Å². The third-order valence-electron chi connectivity index (χ3n) is 8.33. The second-order valence-electron chi connectivity index (χ2n) is 9.23. The maximum Gasteiger partial charge on any atom is 0.0431 e. The summed E-state index contributed by atoms with van der Waals surface area (Å²) in [6, 6.07) is 0. The molecule has 7 unspecified atom stereocenters. The number of allylic oxidation sites excluding steroid dienone is 1. The highest BCUT2D eigenvalue weighted by Gasteiger charge is 2.56. The first kappa shape index (κ1) is 21.0. The summed E-state index contributed by atoms with van der Waals surface area (Å²) >= 11 is 0. The monoisotopic (exact) mass is 350 g/mol. The molecule has 2 N–H and O–H groups in total. The van der Waals surface area contributed by atoms with Crippen molar-refractivity contribution in [1.29, 1.82) is 0 Å². The van der Waals surface area contributed by atoms with Crippen molar-refractivity contribution in [3.63, 3.8) is 0 Å². The Labute approximate surface area is 156 Å². The second kappa shape index (κ2) is 9.04. The molecule has 7 atom stereocenters. The lowest BCUT2D eigenvalue weighted by atomic mass is 9.50. The molecule has 0 spiro atoms. The minimum Gasteiger partial charge on any atom is -0.400 e. The average molecular weight is 351 g/mol. The molecule has 3 fully saturated rings. The van der Waals surface area contributed by atoms with Crippen LogP contribution in [0.3, 0.4) is 0 Å². The maximum absolute atomic E-state index is 9.33. The van der Waals surface area contributed by atoms with Gasteiger partial charge in [-0.2, -0.15) is 0 Å². The highest BCUT2D eigenvalue weighted by atomic mass is 16.3. The van der Waals surface area contributed by atoms with Crippen molar-refractivity contribution < 1.29 is 10.2 Å². The largest absolute Gasteiger partial charge is 0.400 e. The van der Waals surface area contributed by atoms with Gasteiger partial charge in [0.15, 0.2) is 0 Å². The number of rotatable bonds is 5. The first-order valence-corrected chi connectivity index (χ1v) is 10.7. The smallest absolute Gasteiger partial charge is 0.0431 e. The Kier molecular flexibility index (Phi) is 7.58. The molecule has 0 aliphatic heterocycles. The van der Waals surface area contributed by atoms with Crippen LogP contribution in [0.5, 0.6) is 0 Å². The Morgan fingerprint density at radius 3 is 2.40 bits per heavy atom. The zero-order valence-corrected chi connectivity index (χ0v) is 17.1. The molecule has 0 saturated heterocycles. The van der Waals surface area contributed by atoms with E-state index in [9.17, 15) is 5.11 Å². The van der Waals surface area contributed by atoms with E-state index in [1.807, 2.05) is 0 Å². The van der Waals surface area contributed by atoms with Crippen LogP contribution in [-0.4, -0.2) is 23.9 Å². The molecule has 0 radical (unpaired) electrons. The average Bonchev–Trinajstić information content (AvgIpc) is 2.98. The van der Waals surface area contributed by atoms with Crippen molar-refractivity contribution in [2.24, 2.45) is 40.9 Å². The highest BCUT2D eigenvalue weighted by Crippen LogP contribution is 2.64. The maximum atomic E-state index is 9.33. The topological polar surface area (TPSA) is 40.5 Å². The Morgan fingerprint density at radius 1 is 1.08 bits per heavy atom.